The van der Waals surface area contributed by atoms with Crippen LogP contribution in [0, 0.1) is 6.07 Å². The molecule has 1 saturated carbocycles. The number of pyridine rings is 1. The van der Waals surface area contributed by atoms with Crippen LogP contribution in [0.25, 0.3) is 33.5 Å². The van der Waals surface area contributed by atoms with Crippen LogP contribution in [0.1, 0.15) is 70.9 Å². The van der Waals surface area contributed by atoms with Gasteiger partial charge in [-0.3, -0.25) is 0 Å². The second-order valence-corrected chi connectivity index (χ2v) is 11.3. The minimum atomic E-state index is -0.309. The topological polar surface area (TPSA) is 12.9 Å². The van der Waals surface area contributed by atoms with Gasteiger partial charge in [0.25, 0.3) is 0 Å². The molecule has 1 heterocycles. The molecule has 185 valence electrons. The molecule has 2 bridgehead atoms. The van der Waals surface area contributed by atoms with Crippen molar-refractivity contribution in [2.45, 2.75) is 42.9 Å². The summed E-state index contributed by atoms with van der Waals surface area (Å²) in [7, 11) is 0. The van der Waals surface area contributed by atoms with Gasteiger partial charge in [-0.1, -0.05) is 90.0 Å². The van der Waals surface area contributed by atoms with Gasteiger partial charge < -0.3 is 4.98 Å². The molecular formula is C36H26IrN-. The fourth-order valence-corrected chi connectivity index (χ4v) is 8.22. The fourth-order valence-electron chi connectivity index (χ4n) is 8.22. The van der Waals surface area contributed by atoms with Gasteiger partial charge in [0.05, 0.1) is 5.41 Å². The number of fused-ring (bicyclic) bond motifs is 12. The van der Waals surface area contributed by atoms with Crippen LogP contribution in [-0.4, -0.2) is 4.98 Å². The number of rotatable bonds is 1. The third kappa shape index (κ3) is 2.73. The first kappa shape index (κ1) is 22.6. The Balaban J connectivity index is 0.00000225. The van der Waals surface area contributed by atoms with Gasteiger partial charge in [0.1, 0.15) is 0 Å². The average Bonchev–Trinajstić information content (AvgIpc) is 3.45. The Kier molecular flexibility index (Phi) is 4.82. The summed E-state index contributed by atoms with van der Waals surface area (Å²) in [4.78, 5) is 5.03. The molecule has 0 unspecified atom stereocenters. The summed E-state index contributed by atoms with van der Waals surface area (Å²) >= 11 is 0. The molecule has 10 rings (SSSR count). The number of benzene rings is 4. The minimum absolute atomic E-state index is 0. The van der Waals surface area contributed by atoms with Crippen LogP contribution in [0.5, 0.6) is 0 Å². The summed E-state index contributed by atoms with van der Waals surface area (Å²) in [6, 6.07) is 37.7. The Morgan fingerprint density at radius 3 is 1.74 bits per heavy atom. The van der Waals surface area contributed by atoms with E-state index in [1.165, 1.54) is 75.8 Å². The zero-order valence-corrected chi connectivity index (χ0v) is 23.4. The first-order chi connectivity index (χ1) is 18.3. The molecule has 1 nitrogen and oxygen atoms in total. The SMILES string of the molecule is [Ir].[c-]1cc2c(cc1-c1cc3c(cn1)C1CCC3CC1)C1(c3ccccc3-c3ccccc31)c1ccccc1-2. The molecule has 0 N–H and O–H groups in total. The number of hydrogen-bond donors (Lipinski definition) is 0. The molecule has 38 heavy (non-hydrogen) atoms. The fraction of sp³-hybridized carbons (Fsp3) is 0.194. The normalized spacial score (nSPS) is 20.2. The van der Waals surface area contributed by atoms with Crippen molar-refractivity contribution in [1.82, 2.24) is 4.98 Å². The number of nitrogens with zero attached hydrogens (tertiary/aromatic N) is 1. The molecule has 4 aromatic carbocycles. The van der Waals surface area contributed by atoms with Gasteiger partial charge in [-0.2, -0.15) is 0 Å². The van der Waals surface area contributed by atoms with E-state index in [9.17, 15) is 0 Å². The van der Waals surface area contributed by atoms with E-state index in [1.54, 1.807) is 5.56 Å². The predicted octanol–water partition coefficient (Wildman–Crippen LogP) is 8.64. The van der Waals surface area contributed by atoms with Crippen molar-refractivity contribution < 1.29 is 20.1 Å². The van der Waals surface area contributed by atoms with Crippen molar-refractivity contribution >= 4 is 0 Å². The van der Waals surface area contributed by atoms with Crippen molar-refractivity contribution in [3.8, 4) is 33.5 Å². The average molecular weight is 665 g/mol. The van der Waals surface area contributed by atoms with E-state index in [4.69, 9.17) is 4.98 Å². The molecule has 1 spiro atoms. The first-order valence-electron chi connectivity index (χ1n) is 13.7. The molecule has 2 heteroatoms. The second-order valence-electron chi connectivity index (χ2n) is 11.3. The third-order valence-electron chi connectivity index (χ3n) is 9.78. The molecule has 1 radical (unpaired) electrons. The minimum Gasteiger partial charge on any atom is -0.304 e. The van der Waals surface area contributed by atoms with Gasteiger partial charge in [-0.25, -0.2) is 0 Å². The zero-order valence-electron chi connectivity index (χ0n) is 21.0. The van der Waals surface area contributed by atoms with Gasteiger partial charge >= 0.3 is 0 Å². The molecule has 0 amide bonds. The summed E-state index contributed by atoms with van der Waals surface area (Å²) in [6.07, 6.45) is 7.53. The maximum Gasteiger partial charge on any atom is 0.0550 e. The summed E-state index contributed by atoms with van der Waals surface area (Å²) in [6.45, 7) is 0. The zero-order chi connectivity index (χ0) is 24.1. The van der Waals surface area contributed by atoms with E-state index in [0.29, 0.717) is 5.92 Å². The van der Waals surface area contributed by atoms with E-state index >= 15 is 0 Å². The molecule has 5 aromatic rings. The van der Waals surface area contributed by atoms with E-state index < -0.39 is 0 Å². The van der Waals surface area contributed by atoms with Crippen molar-refractivity contribution in [1.29, 1.82) is 0 Å². The Morgan fingerprint density at radius 2 is 1.13 bits per heavy atom. The van der Waals surface area contributed by atoms with Crippen molar-refractivity contribution in [2.75, 3.05) is 0 Å². The van der Waals surface area contributed by atoms with Crippen LogP contribution in [0.15, 0.2) is 97.2 Å². The third-order valence-corrected chi connectivity index (χ3v) is 9.78. The molecule has 5 aliphatic rings. The van der Waals surface area contributed by atoms with Gasteiger partial charge in [-0.15, -0.1) is 29.3 Å². The van der Waals surface area contributed by atoms with Crippen LogP contribution in [0.2, 0.25) is 0 Å². The van der Waals surface area contributed by atoms with E-state index in [1.807, 2.05) is 0 Å². The molecule has 0 aliphatic heterocycles. The van der Waals surface area contributed by atoms with E-state index in [2.05, 4.69) is 103 Å². The molecule has 1 fully saturated rings. The van der Waals surface area contributed by atoms with Crippen molar-refractivity contribution in [3.05, 3.63) is 137 Å². The maximum atomic E-state index is 5.03. The van der Waals surface area contributed by atoms with Crippen molar-refractivity contribution in [3.63, 3.8) is 0 Å². The summed E-state index contributed by atoms with van der Waals surface area (Å²) < 4.78 is 0. The standard InChI is InChI=1S/C36H26N.Ir/c1-4-10-31-25(7-1)26-8-2-5-11-32(26)36(31)33-12-6-3-9-27(33)28-18-17-24(19-34(28)36)35-20-29-22-13-15-23(16-14-22)30(29)21-37-35;/h1-12,18-23H,13-16H2;/q-1;. The number of hydrogen-bond acceptors (Lipinski definition) is 1. The van der Waals surface area contributed by atoms with Gasteiger partial charge in [-0.05, 0) is 82.2 Å². The monoisotopic (exact) mass is 665 g/mol. The van der Waals surface area contributed by atoms with E-state index in [-0.39, 0.29) is 25.5 Å². The maximum absolute atomic E-state index is 5.03. The Labute approximate surface area is 237 Å². The Hall–Kier alpha value is -3.32. The molecular weight excluding hydrogens is 639 g/mol. The van der Waals surface area contributed by atoms with Crippen LogP contribution in [0.3, 0.4) is 0 Å². The molecule has 0 atom stereocenters. The smallest absolute Gasteiger partial charge is 0.0550 e. The summed E-state index contributed by atoms with van der Waals surface area (Å²) in [5, 5.41) is 0. The largest absolute Gasteiger partial charge is 0.304 e. The summed E-state index contributed by atoms with van der Waals surface area (Å²) in [5.41, 5.74) is 15.7. The predicted molar refractivity (Wildman–Crippen MR) is 149 cm³/mol. The van der Waals surface area contributed by atoms with Gasteiger partial charge in [0, 0.05) is 26.3 Å². The Morgan fingerprint density at radius 1 is 0.605 bits per heavy atom. The molecule has 0 saturated heterocycles. The quantitative estimate of drug-likeness (QED) is 0.160. The number of aromatic nitrogens is 1. The van der Waals surface area contributed by atoms with Crippen LogP contribution in [-0.2, 0) is 25.5 Å². The molecule has 1 aromatic heterocycles. The Bertz CT molecular complexity index is 1690. The van der Waals surface area contributed by atoms with Crippen LogP contribution >= 0.6 is 0 Å². The summed E-state index contributed by atoms with van der Waals surface area (Å²) in [5.74, 6) is 1.43. The van der Waals surface area contributed by atoms with Gasteiger partial charge in [0.2, 0.25) is 0 Å². The van der Waals surface area contributed by atoms with Crippen LogP contribution in [0.4, 0.5) is 0 Å². The second kappa shape index (κ2) is 8.09. The first-order valence-corrected chi connectivity index (χ1v) is 13.7. The van der Waals surface area contributed by atoms with Gasteiger partial charge in [0.15, 0.2) is 0 Å². The van der Waals surface area contributed by atoms with Crippen molar-refractivity contribution in [2.24, 2.45) is 0 Å². The van der Waals surface area contributed by atoms with E-state index in [0.717, 1.165) is 17.2 Å². The van der Waals surface area contributed by atoms with Crippen LogP contribution < -0.4 is 0 Å². The molecule has 5 aliphatic carbocycles.